The average Bonchev–Trinajstić information content (AvgIpc) is 3.52. The van der Waals surface area contributed by atoms with E-state index in [2.05, 4.69) is 5.32 Å². The first kappa shape index (κ1) is 31.2. The van der Waals surface area contributed by atoms with Gasteiger partial charge in [-0.3, -0.25) is 19.1 Å². The predicted octanol–water partition coefficient (Wildman–Crippen LogP) is 5.54. The minimum Gasteiger partial charge on any atom is -0.448 e. The number of amides is 2. The molecule has 0 aliphatic carbocycles. The molecule has 0 bridgehead atoms. The van der Waals surface area contributed by atoms with Crippen LogP contribution in [0.4, 0.5) is 0 Å². The standard InChI is InChI=1S/C31H33N2O7PS2/c1-3-38-41(37,39-4-2)19-23-20-43-30-26(32-25(34)18-24-16-11-17-42-24)29(35)33(30)27(23)31(36)40-28(21-12-7-5-8-13-21)22-14-9-6-10-15-22/h5-17,26,28,30H,3-4,18-20H2,1-2H3,(H,32,34)/t26-,30-/m1/s1. The van der Waals surface area contributed by atoms with Crippen molar-refractivity contribution in [1.82, 2.24) is 10.2 Å². The van der Waals surface area contributed by atoms with Gasteiger partial charge in [0.2, 0.25) is 5.91 Å². The summed E-state index contributed by atoms with van der Waals surface area (Å²) < 4.78 is 30.8. The van der Waals surface area contributed by atoms with E-state index in [1.54, 1.807) is 13.8 Å². The summed E-state index contributed by atoms with van der Waals surface area (Å²) in [5.74, 6) is -1.15. The maximum Gasteiger partial charge on any atom is 0.356 e. The number of fused-ring (bicyclic) bond motifs is 1. The number of thioether (sulfide) groups is 1. The first-order chi connectivity index (χ1) is 20.8. The molecule has 0 unspecified atom stereocenters. The van der Waals surface area contributed by atoms with E-state index in [-0.39, 0.29) is 43.2 Å². The van der Waals surface area contributed by atoms with E-state index in [0.29, 0.717) is 5.57 Å². The Morgan fingerprint density at radius 1 is 0.977 bits per heavy atom. The van der Waals surface area contributed by atoms with Crippen LogP contribution in [0, 0.1) is 0 Å². The molecule has 43 heavy (non-hydrogen) atoms. The van der Waals surface area contributed by atoms with Crippen molar-refractivity contribution in [3.8, 4) is 0 Å². The molecule has 1 aromatic heterocycles. The molecule has 1 N–H and O–H groups in total. The van der Waals surface area contributed by atoms with Crippen LogP contribution in [0.2, 0.25) is 0 Å². The highest BCUT2D eigenvalue weighted by Crippen LogP contribution is 2.52. The molecule has 1 fully saturated rings. The number of thiophene rings is 1. The van der Waals surface area contributed by atoms with Gasteiger partial charge in [-0.2, -0.15) is 0 Å². The Labute approximate surface area is 259 Å². The molecule has 2 amide bonds. The van der Waals surface area contributed by atoms with Gasteiger partial charge < -0.3 is 19.1 Å². The zero-order chi connectivity index (χ0) is 30.4. The van der Waals surface area contributed by atoms with E-state index < -0.39 is 37.0 Å². The van der Waals surface area contributed by atoms with Crippen molar-refractivity contribution in [2.24, 2.45) is 0 Å². The summed E-state index contributed by atoms with van der Waals surface area (Å²) >= 11 is 2.85. The summed E-state index contributed by atoms with van der Waals surface area (Å²) in [6, 6.07) is 21.6. The fourth-order valence-corrected chi connectivity index (χ4v) is 9.07. The Morgan fingerprint density at radius 3 is 2.16 bits per heavy atom. The van der Waals surface area contributed by atoms with Crippen molar-refractivity contribution in [3.05, 3.63) is 105 Å². The van der Waals surface area contributed by atoms with E-state index >= 15 is 0 Å². The van der Waals surface area contributed by atoms with Gasteiger partial charge in [0.25, 0.3) is 5.91 Å². The molecule has 2 aliphatic heterocycles. The number of hydrogen-bond donors (Lipinski definition) is 1. The van der Waals surface area contributed by atoms with Crippen LogP contribution in [-0.2, 0) is 39.2 Å². The predicted molar refractivity (Wildman–Crippen MR) is 167 cm³/mol. The van der Waals surface area contributed by atoms with Crippen molar-refractivity contribution in [2.45, 2.75) is 37.8 Å². The largest absolute Gasteiger partial charge is 0.448 e. The van der Waals surface area contributed by atoms with Gasteiger partial charge in [-0.05, 0) is 42.0 Å². The summed E-state index contributed by atoms with van der Waals surface area (Å²) in [6.07, 6.45) is -0.754. The monoisotopic (exact) mass is 640 g/mol. The van der Waals surface area contributed by atoms with Crippen LogP contribution in [0.3, 0.4) is 0 Å². The number of carbonyl (C=O) groups excluding carboxylic acids is 3. The van der Waals surface area contributed by atoms with E-state index in [0.717, 1.165) is 16.0 Å². The summed E-state index contributed by atoms with van der Waals surface area (Å²) in [5.41, 5.74) is 1.98. The Kier molecular flexibility index (Phi) is 10.2. The van der Waals surface area contributed by atoms with Crippen LogP contribution in [0.5, 0.6) is 0 Å². The number of esters is 1. The van der Waals surface area contributed by atoms with Crippen LogP contribution >= 0.6 is 30.7 Å². The molecule has 5 rings (SSSR count). The van der Waals surface area contributed by atoms with Crippen molar-refractivity contribution in [2.75, 3.05) is 25.1 Å². The van der Waals surface area contributed by atoms with Crippen LogP contribution in [0.1, 0.15) is 36.0 Å². The molecule has 226 valence electrons. The number of nitrogens with zero attached hydrogens (tertiary/aromatic N) is 1. The molecule has 1 saturated heterocycles. The van der Waals surface area contributed by atoms with E-state index in [9.17, 15) is 18.9 Å². The van der Waals surface area contributed by atoms with E-state index in [1.165, 1.54) is 28.0 Å². The van der Waals surface area contributed by atoms with Gasteiger partial charge in [0.1, 0.15) is 17.1 Å². The molecule has 0 radical (unpaired) electrons. The lowest BCUT2D eigenvalue weighted by molar-refractivity contribution is -0.154. The Balaban J connectivity index is 1.46. The van der Waals surface area contributed by atoms with Crippen molar-refractivity contribution in [1.29, 1.82) is 0 Å². The molecule has 12 heteroatoms. The van der Waals surface area contributed by atoms with Crippen molar-refractivity contribution in [3.63, 3.8) is 0 Å². The SMILES string of the molecule is CCOP(=O)(CC1=C(C(=O)OC(c2ccccc2)c2ccccc2)N2C(=O)[C@@H](NC(=O)Cc3cccs3)[C@H]2SC1)OCC. The Hall–Kier alpha value is -3.21. The summed E-state index contributed by atoms with van der Waals surface area (Å²) in [7, 11) is -3.61. The summed E-state index contributed by atoms with van der Waals surface area (Å²) in [6.45, 7) is 3.75. The molecule has 9 nitrogen and oxygen atoms in total. The fraction of sp³-hybridized carbons (Fsp3) is 0.323. The average molecular weight is 641 g/mol. The molecular weight excluding hydrogens is 607 g/mol. The third-order valence-electron chi connectivity index (χ3n) is 6.94. The lowest BCUT2D eigenvalue weighted by Crippen LogP contribution is -2.70. The molecule has 3 heterocycles. The molecule has 3 aromatic rings. The highest BCUT2D eigenvalue weighted by atomic mass is 32.2. The van der Waals surface area contributed by atoms with Crippen LogP contribution in [0.15, 0.2) is 89.4 Å². The van der Waals surface area contributed by atoms with Gasteiger partial charge in [-0.1, -0.05) is 66.7 Å². The van der Waals surface area contributed by atoms with Gasteiger partial charge in [0.05, 0.1) is 25.8 Å². The lowest BCUT2D eigenvalue weighted by atomic mass is 10.0. The second-order valence-electron chi connectivity index (χ2n) is 9.87. The highest BCUT2D eigenvalue weighted by molar-refractivity contribution is 8.00. The molecule has 2 aliphatic rings. The van der Waals surface area contributed by atoms with Crippen molar-refractivity contribution < 1.29 is 32.7 Å². The maximum absolute atomic E-state index is 14.1. The van der Waals surface area contributed by atoms with E-state index in [1.807, 2.05) is 78.2 Å². The topological polar surface area (TPSA) is 111 Å². The zero-order valence-electron chi connectivity index (χ0n) is 23.8. The lowest BCUT2D eigenvalue weighted by Gasteiger charge is -2.50. The molecule has 2 aromatic carbocycles. The number of β-lactam (4-membered cyclic amide) rings is 1. The first-order valence-electron chi connectivity index (χ1n) is 14.0. The van der Waals surface area contributed by atoms with Gasteiger partial charge in [0, 0.05) is 10.6 Å². The maximum atomic E-state index is 14.1. The van der Waals surface area contributed by atoms with Gasteiger partial charge in [0.15, 0.2) is 6.10 Å². The number of carbonyl (C=O) groups is 3. The second-order valence-corrected chi connectivity index (χ2v) is 14.1. The van der Waals surface area contributed by atoms with Crippen LogP contribution in [0.25, 0.3) is 0 Å². The minimum absolute atomic E-state index is 0.0222. The molecular formula is C31H33N2O7PS2. The number of benzene rings is 2. The quantitative estimate of drug-likeness (QED) is 0.147. The Morgan fingerprint density at radius 2 is 1.60 bits per heavy atom. The van der Waals surface area contributed by atoms with Gasteiger partial charge in [-0.25, -0.2) is 4.79 Å². The Bertz CT molecular complexity index is 1470. The fourth-order valence-electron chi connectivity index (χ4n) is 5.09. The summed E-state index contributed by atoms with van der Waals surface area (Å²) in [4.78, 5) is 42.7. The number of rotatable bonds is 13. The summed E-state index contributed by atoms with van der Waals surface area (Å²) in [5, 5.41) is 4.21. The van der Waals surface area contributed by atoms with Crippen LogP contribution in [-0.4, -0.2) is 59.2 Å². The molecule has 2 atom stereocenters. The third-order valence-corrected chi connectivity index (χ3v) is 11.2. The smallest absolute Gasteiger partial charge is 0.356 e. The molecule has 0 saturated carbocycles. The number of hydrogen-bond acceptors (Lipinski definition) is 9. The van der Waals surface area contributed by atoms with Crippen molar-refractivity contribution >= 4 is 48.5 Å². The van der Waals surface area contributed by atoms with E-state index in [4.69, 9.17) is 13.8 Å². The zero-order valence-corrected chi connectivity index (χ0v) is 26.4. The number of nitrogens with one attached hydrogen (secondary N) is 1. The van der Waals surface area contributed by atoms with Gasteiger partial charge >= 0.3 is 13.6 Å². The first-order valence-corrected chi connectivity index (χ1v) is 17.7. The molecule has 0 spiro atoms. The third kappa shape index (κ3) is 7.13. The normalized spacial score (nSPS) is 18.3. The van der Waals surface area contributed by atoms with Gasteiger partial charge in [-0.15, -0.1) is 23.1 Å². The second kappa shape index (κ2) is 14.1. The minimum atomic E-state index is -3.61. The number of ether oxygens (including phenoxy) is 1. The van der Waals surface area contributed by atoms with Crippen LogP contribution < -0.4 is 5.32 Å². The highest BCUT2D eigenvalue weighted by Gasteiger charge is 2.55.